The molecule has 2 aromatic rings. The van der Waals surface area contributed by atoms with Crippen LogP contribution < -0.4 is 15.5 Å². The molecular weight excluding hydrogens is 407 g/mol. The zero-order chi connectivity index (χ0) is 21.6. The van der Waals surface area contributed by atoms with Crippen LogP contribution in [0.2, 0.25) is 0 Å². The Morgan fingerprint density at radius 2 is 1.76 bits per heavy atom. The minimum Gasteiger partial charge on any atom is -0.319 e. The topological polar surface area (TPSA) is 49.4 Å². The lowest BCUT2D eigenvalue weighted by Crippen LogP contribution is -2.36. The summed E-state index contributed by atoms with van der Waals surface area (Å²) >= 11 is 0. The van der Waals surface area contributed by atoms with Crippen molar-refractivity contribution in [2.75, 3.05) is 31.8 Å². The van der Waals surface area contributed by atoms with Crippen LogP contribution in [0.4, 0.5) is 23.2 Å². The van der Waals surface area contributed by atoms with Crippen LogP contribution in [-0.2, 0) is 15.5 Å². The summed E-state index contributed by atoms with van der Waals surface area (Å²) in [7, 11) is -1.36. The zero-order valence-electron chi connectivity index (χ0n) is 16.2. The molecule has 9 heteroatoms. The average Bonchev–Trinajstić information content (AvgIpc) is 3.00. The molecule has 1 unspecified atom stereocenters. The Bertz CT molecular complexity index is 1000. The maximum atomic E-state index is 15.2. The zero-order valence-corrected chi connectivity index (χ0v) is 17.1. The van der Waals surface area contributed by atoms with Gasteiger partial charge >= 0.3 is 6.18 Å². The number of alkyl halides is 3. The molecule has 4 nitrogen and oxygen atoms in total. The lowest BCUT2D eigenvalue weighted by atomic mass is 9.97. The van der Waals surface area contributed by atoms with Crippen LogP contribution in [0.25, 0.3) is 11.1 Å². The van der Waals surface area contributed by atoms with Crippen molar-refractivity contribution in [2.24, 2.45) is 0 Å². The summed E-state index contributed by atoms with van der Waals surface area (Å²) in [5.41, 5.74) is -2.19. The Morgan fingerprint density at radius 1 is 1.10 bits per heavy atom. The van der Waals surface area contributed by atoms with E-state index in [-0.39, 0.29) is 17.4 Å². The number of rotatable bonds is 4. The van der Waals surface area contributed by atoms with Gasteiger partial charge in [-0.3, -0.25) is 4.79 Å². The summed E-state index contributed by atoms with van der Waals surface area (Å²) in [6, 6.07) is 7.76. The second kappa shape index (κ2) is 7.58. The molecule has 1 N–H and O–H groups in total. The highest BCUT2D eigenvalue weighted by molar-refractivity contribution is 7.70. The standard InChI is InChI=1S/C20H21F4N2O2P/c1-25-14-10-11-26(19(14)27)15-9-8-13(17(18(15)21)20(22,23)24)12-6-4-5-7-16(12)29(2,3)28/h4-9,14,25H,10-11H2,1-3H3. The van der Waals surface area contributed by atoms with E-state index in [1.807, 2.05) is 0 Å². The molecule has 2 aromatic carbocycles. The number of carbonyl (C=O) groups excluding carboxylic acids is 1. The fourth-order valence-electron chi connectivity index (χ4n) is 3.63. The van der Waals surface area contributed by atoms with Gasteiger partial charge in [-0.25, -0.2) is 4.39 Å². The van der Waals surface area contributed by atoms with Crippen molar-refractivity contribution in [1.29, 1.82) is 0 Å². The number of carbonyl (C=O) groups is 1. The van der Waals surface area contributed by atoms with E-state index < -0.39 is 47.9 Å². The van der Waals surface area contributed by atoms with Gasteiger partial charge in [0.1, 0.15) is 12.7 Å². The summed E-state index contributed by atoms with van der Waals surface area (Å²) in [5.74, 6) is -1.98. The van der Waals surface area contributed by atoms with Crippen LogP contribution in [0.3, 0.4) is 0 Å². The molecule has 0 saturated carbocycles. The van der Waals surface area contributed by atoms with Crippen molar-refractivity contribution < 1.29 is 26.9 Å². The van der Waals surface area contributed by atoms with Gasteiger partial charge in [0.15, 0.2) is 5.82 Å². The summed E-state index contributed by atoms with van der Waals surface area (Å²) in [6.45, 7) is 3.02. The van der Waals surface area contributed by atoms with E-state index in [9.17, 15) is 22.5 Å². The maximum absolute atomic E-state index is 15.2. The third-order valence-corrected chi connectivity index (χ3v) is 6.57. The number of halogens is 4. The number of hydrogen-bond acceptors (Lipinski definition) is 3. The van der Waals surface area contributed by atoms with Crippen molar-refractivity contribution in [3.8, 4) is 11.1 Å². The summed E-state index contributed by atoms with van der Waals surface area (Å²) in [5, 5.41) is 3.01. The summed E-state index contributed by atoms with van der Waals surface area (Å²) in [6.07, 6.45) is -4.63. The predicted molar refractivity (Wildman–Crippen MR) is 106 cm³/mol. The number of nitrogens with one attached hydrogen (secondary N) is 1. The third-order valence-electron chi connectivity index (χ3n) is 5.02. The number of benzene rings is 2. The number of nitrogens with zero attached hydrogens (tertiary/aromatic N) is 1. The normalized spacial score (nSPS) is 17.8. The predicted octanol–water partition coefficient (Wildman–Crippen LogP) is 4.08. The van der Waals surface area contributed by atoms with Crippen LogP contribution in [0, 0.1) is 5.82 Å². The van der Waals surface area contributed by atoms with Gasteiger partial charge in [-0.05, 0) is 44.0 Å². The minimum absolute atomic E-state index is 0.0689. The molecule has 29 heavy (non-hydrogen) atoms. The Labute approximate surface area is 166 Å². The van der Waals surface area contributed by atoms with Crippen molar-refractivity contribution >= 4 is 24.0 Å². The molecule has 1 heterocycles. The van der Waals surface area contributed by atoms with Gasteiger partial charge in [0.25, 0.3) is 0 Å². The van der Waals surface area contributed by atoms with Gasteiger partial charge in [0, 0.05) is 11.8 Å². The molecule has 3 rings (SSSR count). The van der Waals surface area contributed by atoms with Gasteiger partial charge in [-0.1, -0.05) is 30.3 Å². The first-order valence-corrected chi connectivity index (χ1v) is 11.6. The van der Waals surface area contributed by atoms with Gasteiger partial charge in [0.2, 0.25) is 5.91 Å². The fraction of sp³-hybridized carbons (Fsp3) is 0.350. The van der Waals surface area contributed by atoms with E-state index in [4.69, 9.17) is 0 Å². The molecule has 1 amide bonds. The van der Waals surface area contributed by atoms with Gasteiger partial charge in [0.05, 0.1) is 11.7 Å². The van der Waals surface area contributed by atoms with E-state index >= 15 is 4.39 Å². The van der Waals surface area contributed by atoms with E-state index in [2.05, 4.69) is 5.32 Å². The first-order chi connectivity index (χ1) is 13.5. The van der Waals surface area contributed by atoms with E-state index in [0.29, 0.717) is 6.42 Å². The van der Waals surface area contributed by atoms with Crippen molar-refractivity contribution in [1.82, 2.24) is 5.32 Å². The molecule has 0 aromatic heterocycles. The Morgan fingerprint density at radius 3 is 2.31 bits per heavy atom. The summed E-state index contributed by atoms with van der Waals surface area (Å²) < 4.78 is 69.5. The molecular formula is C20H21F4N2O2P. The van der Waals surface area contributed by atoms with E-state index in [0.717, 1.165) is 11.0 Å². The molecule has 0 radical (unpaired) electrons. The van der Waals surface area contributed by atoms with Crippen molar-refractivity contribution in [3.63, 3.8) is 0 Å². The summed E-state index contributed by atoms with van der Waals surface area (Å²) in [4.78, 5) is 13.4. The molecule has 0 aliphatic carbocycles. The van der Waals surface area contributed by atoms with Crippen molar-refractivity contribution in [2.45, 2.75) is 18.6 Å². The molecule has 1 atom stereocenters. The fourth-order valence-corrected chi connectivity index (χ4v) is 4.85. The van der Waals surface area contributed by atoms with Gasteiger partial charge in [-0.2, -0.15) is 13.2 Å². The lowest BCUT2D eigenvalue weighted by Gasteiger charge is -2.23. The average molecular weight is 428 g/mol. The molecule has 0 spiro atoms. The molecule has 1 aliphatic rings. The van der Waals surface area contributed by atoms with Crippen molar-refractivity contribution in [3.05, 3.63) is 47.8 Å². The highest BCUT2D eigenvalue weighted by Crippen LogP contribution is 2.45. The second-order valence-electron chi connectivity index (χ2n) is 7.31. The molecule has 1 aliphatic heterocycles. The van der Waals surface area contributed by atoms with E-state index in [1.165, 1.54) is 37.6 Å². The van der Waals surface area contributed by atoms with Gasteiger partial charge < -0.3 is 14.8 Å². The first-order valence-electron chi connectivity index (χ1n) is 9.00. The lowest BCUT2D eigenvalue weighted by molar-refractivity contribution is -0.139. The molecule has 156 valence electrons. The number of anilines is 1. The SMILES string of the molecule is CNC1CCN(c2ccc(-c3ccccc3P(C)(C)=O)c(C(F)(F)F)c2F)C1=O. The molecule has 1 saturated heterocycles. The third kappa shape index (κ3) is 3.96. The smallest absolute Gasteiger partial charge is 0.319 e. The van der Waals surface area contributed by atoms with Crippen LogP contribution in [0.1, 0.15) is 12.0 Å². The van der Waals surface area contributed by atoms with E-state index in [1.54, 1.807) is 13.1 Å². The Balaban J connectivity index is 2.24. The first kappa shape index (κ1) is 21.5. The van der Waals surface area contributed by atoms with Crippen LogP contribution in [-0.4, -0.2) is 38.9 Å². The maximum Gasteiger partial charge on any atom is 0.419 e. The number of hydrogen-bond donors (Lipinski definition) is 1. The van der Waals surface area contributed by atoms with Crippen LogP contribution >= 0.6 is 7.14 Å². The minimum atomic E-state index is -5.00. The monoisotopic (exact) mass is 428 g/mol. The molecule has 0 bridgehead atoms. The Hall–Kier alpha value is -2.18. The van der Waals surface area contributed by atoms with Crippen LogP contribution in [0.15, 0.2) is 36.4 Å². The number of likely N-dealkylation sites (N-methyl/N-ethyl adjacent to an activating group) is 1. The largest absolute Gasteiger partial charge is 0.419 e. The highest BCUT2D eigenvalue weighted by atomic mass is 31.2. The van der Waals surface area contributed by atoms with Crippen LogP contribution in [0.5, 0.6) is 0 Å². The second-order valence-corrected chi connectivity index (χ2v) is 10.5. The highest BCUT2D eigenvalue weighted by Gasteiger charge is 2.41. The Kier molecular flexibility index (Phi) is 5.62. The molecule has 1 fully saturated rings. The quantitative estimate of drug-likeness (QED) is 0.590. The number of amides is 1. The van der Waals surface area contributed by atoms with Gasteiger partial charge in [-0.15, -0.1) is 0 Å².